The normalized spacial score (nSPS) is 18.1. The Labute approximate surface area is 678 Å². The number of carbonyl (C=O) groups is 8. The van der Waals surface area contributed by atoms with Gasteiger partial charge in [-0.25, -0.2) is 19.9 Å². The number of nitrogens with zero attached hydrogens (tertiary/aromatic N) is 8. The summed E-state index contributed by atoms with van der Waals surface area (Å²) in [5.41, 5.74) is 13.5. The zero-order valence-corrected chi connectivity index (χ0v) is 72.2. The van der Waals surface area contributed by atoms with Crippen molar-refractivity contribution in [3.63, 3.8) is 0 Å². The average molecular weight is 1670 g/mol. The molecule has 8 amide bonds. The smallest absolute Gasteiger partial charge is 0.255 e. The fourth-order valence-corrected chi connectivity index (χ4v) is 22.6. The van der Waals surface area contributed by atoms with Crippen molar-refractivity contribution in [2.45, 2.75) is 204 Å². The van der Waals surface area contributed by atoms with Gasteiger partial charge in [-0.1, -0.05) is 66.7 Å². The van der Waals surface area contributed by atoms with E-state index < -0.39 is 43.0 Å². The van der Waals surface area contributed by atoms with Crippen LogP contribution in [0.3, 0.4) is 0 Å². The van der Waals surface area contributed by atoms with E-state index in [0.29, 0.717) is 91.3 Å². The van der Waals surface area contributed by atoms with E-state index in [1.807, 2.05) is 96.2 Å². The third-order valence-corrected chi connectivity index (χ3v) is 30.2. The van der Waals surface area contributed by atoms with Gasteiger partial charge < -0.3 is 40.9 Å². The van der Waals surface area contributed by atoms with E-state index in [4.69, 9.17) is 9.56 Å². The Bertz CT molecular complexity index is 4690. The van der Waals surface area contributed by atoms with Crippen LogP contribution in [0.5, 0.6) is 0 Å². The van der Waals surface area contributed by atoms with Gasteiger partial charge in [0.05, 0.1) is 95.9 Å². The fourth-order valence-electron chi connectivity index (χ4n) is 15.3. The largest absolute Gasteiger partial charge is 0.331 e. The van der Waals surface area contributed by atoms with E-state index >= 15 is 0 Å². The molecular formula is C80H94N14O10S8. The van der Waals surface area contributed by atoms with Crippen LogP contribution < -0.4 is 21.3 Å². The summed E-state index contributed by atoms with van der Waals surface area (Å²) in [5.74, 6) is 1.89. The number of nitrogens with one attached hydrogen (secondary N) is 6. The van der Waals surface area contributed by atoms with Gasteiger partial charge in [-0.3, -0.25) is 56.3 Å². The van der Waals surface area contributed by atoms with Crippen molar-refractivity contribution >= 4 is 156 Å². The van der Waals surface area contributed by atoms with Crippen molar-refractivity contribution in [2.75, 3.05) is 46.3 Å². The Hall–Kier alpha value is -8.24. The van der Waals surface area contributed by atoms with Gasteiger partial charge in [-0.05, 0) is 236 Å². The predicted octanol–water partition coefficient (Wildman–Crippen LogP) is 15.5. The molecule has 592 valence electrons. The van der Waals surface area contributed by atoms with Crippen LogP contribution in [0.1, 0.15) is 193 Å². The lowest BCUT2D eigenvalue weighted by Crippen LogP contribution is -2.34. The summed E-state index contributed by atoms with van der Waals surface area (Å²) in [4.78, 5) is 130. The van der Waals surface area contributed by atoms with E-state index in [1.54, 1.807) is 12.5 Å². The average Bonchev–Trinajstić information content (AvgIpc) is 1.61. The second-order valence-corrected chi connectivity index (χ2v) is 40.1. The highest BCUT2D eigenvalue weighted by atomic mass is 32.2. The second-order valence-electron chi connectivity index (χ2n) is 30.5. The molecule has 0 radical (unpaired) electrons. The standard InChI is InChI=1S/2C20H24N4O2S2.2C20H23N3O3S2/c2*1-10-18(27-20(22-10)23-12(3)25)14-7-15-9-24(11(2)13-5-6-13)19(26)17(15)16(8-14)28(4)21;2*1-10-18(27-20(21-10)22-12(3)24)14-7-15-9-23(11(2)13-5-6-13)19(25)17(15)16(8-14)28(4)26/h2*7-8,11,13,21H,5-6,9H2,1-4H3,(H,22,23,25);2*7-8,11,13H,5-6,9H2,1-4H3,(H,21,22,24)/t11-,28+;11-,28-;11-,28+;11-,28-/m0000/s1. The van der Waals surface area contributed by atoms with Gasteiger partial charge in [0.2, 0.25) is 23.6 Å². The second kappa shape index (κ2) is 32.9. The van der Waals surface area contributed by atoms with Gasteiger partial charge in [-0.2, -0.15) is 0 Å². The number of rotatable bonds is 20. The molecule has 4 aliphatic carbocycles. The van der Waals surface area contributed by atoms with Crippen molar-refractivity contribution < 1.29 is 46.8 Å². The van der Waals surface area contributed by atoms with Crippen molar-refractivity contribution in [3.05, 3.63) is 116 Å². The first-order valence-corrected chi connectivity index (χ1v) is 47.0. The number of aryl methyl sites for hydroxylation is 4. The Morgan fingerprint density at radius 1 is 0.375 bits per heavy atom. The van der Waals surface area contributed by atoms with Crippen LogP contribution in [0.15, 0.2) is 68.1 Å². The van der Waals surface area contributed by atoms with Crippen LogP contribution in [0.25, 0.3) is 41.8 Å². The lowest BCUT2D eigenvalue weighted by Gasteiger charge is -2.24. The molecule has 4 saturated carbocycles. The van der Waals surface area contributed by atoms with E-state index in [0.717, 1.165) is 108 Å². The maximum atomic E-state index is 13.1. The minimum absolute atomic E-state index is 0.00823. The molecule has 0 saturated heterocycles. The van der Waals surface area contributed by atoms with Gasteiger partial charge >= 0.3 is 0 Å². The van der Waals surface area contributed by atoms with Crippen molar-refractivity contribution in [1.29, 1.82) is 9.56 Å². The quantitative estimate of drug-likeness (QED) is 0.0413. The van der Waals surface area contributed by atoms with E-state index in [-0.39, 0.29) is 71.4 Å². The molecule has 112 heavy (non-hydrogen) atoms. The first kappa shape index (κ1) is 81.8. The molecule has 16 rings (SSSR count). The molecule has 0 bridgehead atoms. The van der Waals surface area contributed by atoms with E-state index in [2.05, 4.69) is 81.0 Å². The Morgan fingerprint density at radius 2 is 0.571 bits per heavy atom. The predicted molar refractivity (Wildman–Crippen MR) is 448 cm³/mol. The molecule has 6 N–H and O–H groups in total. The molecule has 8 aromatic rings. The Balaban J connectivity index is 0.000000131. The molecule has 4 aliphatic heterocycles. The maximum Gasteiger partial charge on any atom is 0.255 e. The zero-order valence-electron chi connectivity index (χ0n) is 65.6. The fraction of sp³-hybridized carbons (Fsp3) is 0.450. The highest BCUT2D eigenvalue weighted by Gasteiger charge is 2.45. The first-order chi connectivity index (χ1) is 53.0. The summed E-state index contributed by atoms with van der Waals surface area (Å²) < 4.78 is 41.6. The maximum absolute atomic E-state index is 13.1. The van der Waals surface area contributed by atoms with Crippen LogP contribution in [-0.4, -0.2) is 144 Å². The van der Waals surface area contributed by atoms with Gasteiger partial charge in [0.25, 0.3) is 23.6 Å². The van der Waals surface area contributed by atoms with Crippen LogP contribution in [0.4, 0.5) is 20.5 Å². The highest BCUT2D eigenvalue weighted by molar-refractivity contribution is 7.86. The lowest BCUT2D eigenvalue weighted by atomic mass is 10.0. The van der Waals surface area contributed by atoms with Crippen LogP contribution >= 0.6 is 45.3 Å². The minimum Gasteiger partial charge on any atom is -0.331 e. The number of aromatic nitrogens is 4. The highest BCUT2D eigenvalue weighted by Crippen LogP contribution is 2.48. The van der Waals surface area contributed by atoms with Gasteiger partial charge in [0.15, 0.2) is 20.5 Å². The SMILES string of the molecule is CC(=O)Nc1nc(C)c(-c2cc3c(c([S@@](C)=N)c2)C(=O)N([C@@H](C)C2CC2)C3)s1.CC(=O)Nc1nc(C)c(-c2cc3c(c([S@@](C)=O)c2)C(=O)N([C@@H](C)C2CC2)C3)s1.CC(=O)Nc1nc(C)c(-c2cc3c(c([S@](C)=N)c2)C(=O)N([C@@H](C)C2CC2)C3)s1.CC(=O)Nc1nc(C)c(-c2cc3c(c([S@](C)=O)c2)C(=O)N([C@@H](C)C2CC2)C3)s1. The number of benzene rings is 4. The molecule has 0 unspecified atom stereocenters. The van der Waals surface area contributed by atoms with Gasteiger partial charge in [-0.15, -0.1) is 0 Å². The molecule has 8 heterocycles. The summed E-state index contributed by atoms with van der Waals surface area (Å²) in [6.45, 7) is 24.3. The lowest BCUT2D eigenvalue weighted by molar-refractivity contribution is -0.115. The van der Waals surface area contributed by atoms with Crippen molar-refractivity contribution in [1.82, 2.24) is 39.5 Å². The monoisotopic (exact) mass is 1670 g/mol. The summed E-state index contributed by atoms with van der Waals surface area (Å²) in [5, 5.41) is 13.2. The number of anilines is 4. The molecule has 4 aromatic carbocycles. The summed E-state index contributed by atoms with van der Waals surface area (Å²) in [6.07, 6.45) is 16.4. The Kier molecular flexibility index (Phi) is 24.0. The van der Waals surface area contributed by atoms with Crippen molar-refractivity contribution in [3.8, 4) is 41.8 Å². The van der Waals surface area contributed by atoms with Gasteiger partial charge in [0, 0.05) is 100 Å². The molecule has 8 aliphatic rings. The Morgan fingerprint density at radius 3 is 0.750 bits per heavy atom. The third-order valence-electron chi connectivity index (χ3n) is 21.8. The molecule has 32 heteroatoms. The van der Waals surface area contributed by atoms with E-state index in [1.165, 1.54) is 124 Å². The summed E-state index contributed by atoms with van der Waals surface area (Å²) in [7, 11) is -4.12. The topological polar surface area (TPSA) is 331 Å². The minimum atomic E-state index is -1.28. The third kappa shape index (κ3) is 17.4. The summed E-state index contributed by atoms with van der Waals surface area (Å²) >= 11 is 5.64. The molecular weight excluding hydrogens is 1570 g/mol. The zero-order chi connectivity index (χ0) is 80.6. The number of hydrogen-bond donors (Lipinski definition) is 6. The molecule has 4 fully saturated rings. The first-order valence-electron chi connectivity index (χ1n) is 37.4. The molecule has 24 nitrogen and oxygen atoms in total. The summed E-state index contributed by atoms with van der Waals surface area (Å²) in [6, 6.07) is 16.7. The number of amides is 8. The van der Waals surface area contributed by atoms with Crippen LogP contribution in [0.2, 0.25) is 0 Å². The molecule has 4 aromatic heterocycles. The number of thiazole rings is 4. The molecule has 0 spiro atoms. The van der Waals surface area contributed by atoms with Gasteiger partial charge in [0.1, 0.15) is 0 Å². The number of fused-ring (bicyclic) bond motifs is 4. The van der Waals surface area contributed by atoms with Crippen LogP contribution in [0, 0.1) is 60.9 Å². The number of hydrogen-bond acceptors (Lipinski definition) is 20. The van der Waals surface area contributed by atoms with Crippen molar-refractivity contribution in [2.24, 2.45) is 23.7 Å². The molecule has 8 atom stereocenters. The van der Waals surface area contributed by atoms with Crippen LogP contribution in [-0.2, 0) is 88.3 Å². The van der Waals surface area contributed by atoms with E-state index in [9.17, 15) is 46.8 Å². The number of carbonyl (C=O) groups excluding carboxylic acids is 8.